The Hall–Kier alpha value is -1.03. The molecule has 5 heteroatoms. The molecule has 0 saturated carbocycles. The monoisotopic (exact) mass is 243 g/mol. The van der Waals surface area contributed by atoms with E-state index in [4.69, 9.17) is 16.3 Å². The molecule has 0 amide bonds. The number of ether oxygens (including phenoxy) is 1. The van der Waals surface area contributed by atoms with Gasteiger partial charge in [-0.3, -0.25) is 0 Å². The molecule has 0 aliphatic carbocycles. The zero-order valence-electron chi connectivity index (χ0n) is 9.96. The number of hydrogen-bond acceptors (Lipinski definition) is 4. The molecule has 0 bridgehead atoms. The topological polar surface area (TPSA) is 47.0 Å². The van der Waals surface area contributed by atoms with E-state index in [9.17, 15) is 0 Å². The summed E-state index contributed by atoms with van der Waals surface area (Å²) in [5.41, 5.74) is 0.880. The fourth-order valence-electron chi connectivity index (χ4n) is 1.13. The van der Waals surface area contributed by atoms with Gasteiger partial charge < -0.3 is 10.1 Å². The van der Waals surface area contributed by atoms with Crippen molar-refractivity contribution in [3.05, 3.63) is 11.8 Å². The van der Waals surface area contributed by atoms with Crippen molar-refractivity contribution < 1.29 is 4.74 Å². The van der Waals surface area contributed by atoms with Crippen molar-refractivity contribution in [1.82, 2.24) is 9.97 Å². The van der Waals surface area contributed by atoms with Gasteiger partial charge in [-0.2, -0.15) is 4.98 Å². The molecule has 1 atom stereocenters. The summed E-state index contributed by atoms with van der Waals surface area (Å²) in [4.78, 5) is 8.49. The van der Waals surface area contributed by atoms with Gasteiger partial charge in [-0.25, -0.2) is 4.98 Å². The molecular weight excluding hydrogens is 226 g/mol. The van der Waals surface area contributed by atoms with Crippen LogP contribution in [-0.2, 0) is 0 Å². The van der Waals surface area contributed by atoms with Crippen molar-refractivity contribution in [2.45, 2.75) is 32.6 Å². The number of nitrogens with one attached hydrogen (secondary N) is 1. The maximum Gasteiger partial charge on any atom is 0.226 e. The van der Waals surface area contributed by atoms with Crippen LogP contribution in [0, 0.1) is 6.92 Å². The number of nitrogens with zero attached hydrogens (tertiary/aromatic N) is 2. The minimum Gasteiger partial charge on any atom is -0.478 e. The molecule has 90 valence electrons. The fraction of sp³-hybridized carbons (Fsp3) is 0.636. The largest absolute Gasteiger partial charge is 0.478 e. The molecule has 0 radical (unpaired) electrons. The molecule has 0 aliphatic heterocycles. The van der Waals surface area contributed by atoms with Gasteiger partial charge in [0.1, 0.15) is 0 Å². The van der Waals surface area contributed by atoms with E-state index < -0.39 is 0 Å². The Morgan fingerprint density at radius 3 is 2.88 bits per heavy atom. The minimum atomic E-state index is 0.0455. The lowest BCUT2D eigenvalue weighted by molar-refractivity contribution is 0.305. The lowest BCUT2D eigenvalue weighted by Gasteiger charge is -2.09. The summed E-state index contributed by atoms with van der Waals surface area (Å²) < 4.78 is 5.46. The molecule has 1 aromatic heterocycles. The molecule has 1 aromatic rings. The molecule has 16 heavy (non-hydrogen) atoms. The highest BCUT2D eigenvalue weighted by molar-refractivity contribution is 6.20. The molecule has 0 aromatic carbocycles. The summed E-state index contributed by atoms with van der Waals surface area (Å²) in [6, 6.07) is 1.82. The van der Waals surface area contributed by atoms with Gasteiger partial charge in [0.25, 0.3) is 0 Å². The highest BCUT2D eigenvalue weighted by Gasteiger charge is 2.03. The normalized spacial score (nSPS) is 12.2. The standard InChI is InChI=1S/C11H18ClN3O/c1-4-5-16-10-6-9(3)14-11(15-10)13-7-8(2)12/h6,8H,4-5,7H2,1-3H3,(H,13,14,15). The highest BCUT2D eigenvalue weighted by atomic mass is 35.5. The summed E-state index contributed by atoms with van der Waals surface area (Å²) in [7, 11) is 0. The van der Waals surface area contributed by atoms with Crippen LogP contribution < -0.4 is 10.1 Å². The fourth-order valence-corrected chi connectivity index (χ4v) is 1.21. The van der Waals surface area contributed by atoms with E-state index in [1.807, 2.05) is 19.9 Å². The lowest BCUT2D eigenvalue weighted by atomic mass is 10.4. The van der Waals surface area contributed by atoms with E-state index in [0.717, 1.165) is 12.1 Å². The van der Waals surface area contributed by atoms with E-state index in [0.29, 0.717) is 25.0 Å². The second-order valence-electron chi connectivity index (χ2n) is 3.68. The van der Waals surface area contributed by atoms with Crippen LogP contribution in [0.5, 0.6) is 5.88 Å². The van der Waals surface area contributed by atoms with E-state index >= 15 is 0 Å². The molecule has 4 nitrogen and oxygen atoms in total. The summed E-state index contributed by atoms with van der Waals surface area (Å²) in [6.45, 7) is 7.19. The first kappa shape index (κ1) is 13.0. The van der Waals surface area contributed by atoms with E-state index in [2.05, 4.69) is 22.2 Å². The molecule has 0 saturated heterocycles. The molecule has 0 aliphatic rings. The molecule has 1 unspecified atom stereocenters. The number of alkyl halides is 1. The van der Waals surface area contributed by atoms with Crippen molar-refractivity contribution in [3.8, 4) is 5.88 Å². The summed E-state index contributed by atoms with van der Waals surface area (Å²) in [5, 5.41) is 3.11. The van der Waals surface area contributed by atoms with Gasteiger partial charge in [-0.15, -0.1) is 11.6 Å². The van der Waals surface area contributed by atoms with Crippen LogP contribution >= 0.6 is 11.6 Å². The van der Waals surface area contributed by atoms with Crippen LogP contribution in [0.4, 0.5) is 5.95 Å². The van der Waals surface area contributed by atoms with E-state index in [-0.39, 0.29) is 5.38 Å². The molecule has 0 fully saturated rings. The van der Waals surface area contributed by atoms with Gasteiger partial charge in [0.15, 0.2) is 0 Å². The zero-order chi connectivity index (χ0) is 12.0. The molecule has 1 N–H and O–H groups in total. The van der Waals surface area contributed by atoms with Crippen molar-refractivity contribution >= 4 is 17.5 Å². The molecular formula is C11H18ClN3O. The summed E-state index contributed by atoms with van der Waals surface area (Å²) in [6.07, 6.45) is 0.963. The second-order valence-corrected chi connectivity index (χ2v) is 4.43. The Morgan fingerprint density at radius 1 is 1.50 bits per heavy atom. The van der Waals surface area contributed by atoms with Crippen LogP contribution in [0.1, 0.15) is 26.0 Å². The number of aryl methyl sites for hydroxylation is 1. The Bertz CT molecular complexity index is 331. The van der Waals surface area contributed by atoms with Crippen molar-refractivity contribution in [1.29, 1.82) is 0 Å². The second kappa shape index (κ2) is 6.53. The van der Waals surface area contributed by atoms with E-state index in [1.165, 1.54) is 0 Å². The van der Waals surface area contributed by atoms with Gasteiger partial charge in [0.05, 0.1) is 6.61 Å². The summed E-state index contributed by atoms with van der Waals surface area (Å²) >= 11 is 5.84. The van der Waals surface area contributed by atoms with Crippen LogP contribution in [0.15, 0.2) is 6.07 Å². The first-order chi connectivity index (χ1) is 7.61. The molecule has 1 heterocycles. The average molecular weight is 244 g/mol. The molecule has 1 rings (SSSR count). The van der Waals surface area contributed by atoms with Gasteiger partial charge >= 0.3 is 0 Å². The third-order valence-electron chi connectivity index (χ3n) is 1.83. The van der Waals surface area contributed by atoms with Gasteiger partial charge in [0, 0.05) is 23.7 Å². The SMILES string of the molecule is CCCOc1cc(C)nc(NCC(C)Cl)n1. The van der Waals surface area contributed by atoms with Crippen molar-refractivity contribution in [3.63, 3.8) is 0 Å². The maximum atomic E-state index is 5.84. The smallest absolute Gasteiger partial charge is 0.226 e. The third-order valence-corrected chi connectivity index (χ3v) is 1.98. The lowest BCUT2D eigenvalue weighted by Crippen LogP contribution is -2.13. The van der Waals surface area contributed by atoms with Gasteiger partial charge in [-0.1, -0.05) is 6.92 Å². The van der Waals surface area contributed by atoms with Crippen LogP contribution in [0.2, 0.25) is 0 Å². The predicted octanol–water partition coefficient (Wildman–Crippen LogP) is 2.61. The number of halogens is 1. The third kappa shape index (κ3) is 4.66. The Morgan fingerprint density at radius 2 is 2.25 bits per heavy atom. The molecule has 0 spiro atoms. The van der Waals surface area contributed by atoms with Crippen LogP contribution in [-0.4, -0.2) is 28.5 Å². The number of hydrogen-bond donors (Lipinski definition) is 1. The van der Waals surface area contributed by atoms with E-state index in [1.54, 1.807) is 0 Å². The first-order valence-electron chi connectivity index (χ1n) is 5.48. The van der Waals surface area contributed by atoms with Gasteiger partial charge in [-0.05, 0) is 20.3 Å². The van der Waals surface area contributed by atoms with Gasteiger partial charge in [0.2, 0.25) is 11.8 Å². The Balaban J connectivity index is 2.65. The first-order valence-corrected chi connectivity index (χ1v) is 5.92. The maximum absolute atomic E-state index is 5.84. The number of rotatable bonds is 6. The van der Waals surface area contributed by atoms with Crippen LogP contribution in [0.3, 0.4) is 0 Å². The van der Waals surface area contributed by atoms with Crippen LogP contribution in [0.25, 0.3) is 0 Å². The predicted molar refractivity (Wildman–Crippen MR) is 66.4 cm³/mol. The average Bonchev–Trinajstić information content (AvgIpc) is 2.23. The highest BCUT2D eigenvalue weighted by Crippen LogP contribution is 2.12. The zero-order valence-corrected chi connectivity index (χ0v) is 10.7. The summed E-state index contributed by atoms with van der Waals surface area (Å²) in [5.74, 6) is 1.18. The number of aromatic nitrogens is 2. The Labute approximate surface area is 101 Å². The van der Waals surface area contributed by atoms with Crippen molar-refractivity contribution in [2.75, 3.05) is 18.5 Å². The quantitative estimate of drug-likeness (QED) is 0.781. The van der Waals surface area contributed by atoms with Crippen molar-refractivity contribution in [2.24, 2.45) is 0 Å². The Kier molecular flexibility index (Phi) is 5.32. The minimum absolute atomic E-state index is 0.0455. The number of anilines is 1.